The lowest BCUT2D eigenvalue weighted by Crippen LogP contribution is -2.55. The van der Waals surface area contributed by atoms with Crippen molar-refractivity contribution >= 4 is 39.3 Å². The SMILES string of the molecule is CCCC(C)(NC(=O)N(C)Cc1cc(Br)cs1)C(=O)O. The quantitative estimate of drug-likeness (QED) is 0.815. The molecule has 1 heterocycles. The van der Waals surface area contributed by atoms with Crippen LogP contribution in [-0.4, -0.2) is 34.6 Å². The number of carboxylic acids is 1. The van der Waals surface area contributed by atoms with Gasteiger partial charge in [0.2, 0.25) is 0 Å². The van der Waals surface area contributed by atoms with E-state index in [2.05, 4.69) is 21.2 Å². The summed E-state index contributed by atoms with van der Waals surface area (Å²) >= 11 is 4.91. The molecule has 2 amide bonds. The summed E-state index contributed by atoms with van der Waals surface area (Å²) in [4.78, 5) is 25.9. The summed E-state index contributed by atoms with van der Waals surface area (Å²) in [5.74, 6) is -1.01. The van der Waals surface area contributed by atoms with E-state index in [-0.39, 0.29) is 6.03 Å². The summed E-state index contributed by atoms with van der Waals surface area (Å²) in [5.41, 5.74) is -1.23. The number of halogens is 1. The summed E-state index contributed by atoms with van der Waals surface area (Å²) in [6.45, 7) is 3.87. The molecular formula is C13H19BrN2O3S. The summed E-state index contributed by atoms with van der Waals surface area (Å²) < 4.78 is 0.979. The fourth-order valence-electron chi connectivity index (χ4n) is 1.80. The van der Waals surface area contributed by atoms with E-state index in [4.69, 9.17) is 0 Å². The van der Waals surface area contributed by atoms with Crippen molar-refractivity contribution < 1.29 is 14.7 Å². The zero-order valence-corrected chi connectivity index (χ0v) is 14.2. The summed E-state index contributed by atoms with van der Waals surface area (Å²) in [7, 11) is 1.65. The van der Waals surface area contributed by atoms with Crippen LogP contribution >= 0.6 is 27.3 Å². The van der Waals surface area contributed by atoms with Crippen LogP contribution in [0.25, 0.3) is 0 Å². The first-order chi connectivity index (χ1) is 9.28. The second-order valence-corrected chi connectivity index (χ2v) is 6.82. The average Bonchev–Trinajstić information content (AvgIpc) is 2.74. The molecule has 0 aliphatic carbocycles. The number of hydrogen-bond acceptors (Lipinski definition) is 3. The Balaban J connectivity index is 2.66. The zero-order valence-electron chi connectivity index (χ0n) is 11.8. The van der Waals surface area contributed by atoms with E-state index in [1.54, 1.807) is 18.4 Å². The zero-order chi connectivity index (χ0) is 15.3. The van der Waals surface area contributed by atoms with Crippen LogP contribution in [0.4, 0.5) is 4.79 Å². The van der Waals surface area contributed by atoms with Gasteiger partial charge in [-0.15, -0.1) is 11.3 Å². The van der Waals surface area contributed by atoms with Crippen LogP contribution < -0.4 is 5.32 Å². The van der Waals surface area contributed by atoms with Gasteiger partial charge in [-0.2, -0.15) is 0 Å². The van der Waals surface area contributed by atoms with Crippen molar-refractivity contribution in [2.45, 2.75) is 38.8 Å². The number of aliphatic carboxylic acids is 1. The Morgan fingerprint density at radius 2 is 2.20 bits per heavy atom. The molecule has 0 aliphatic heterocycles. The Bertz CT molecular complexity index is 492. The maximum absolute atomic E-state index is 12.1. The molecule has 112 valence electrons. The standard InChI is InChI=1S/C13H19BrN2O3S/c1-4-5-13(2,11(17)18)15-12(19)16(3)7-10-6-9(14)8-20-10/h6,8H,4-5,7H2,1-3H3,(H,15,19)(H,17,18). The number of amides is 2. The molecular weight excluding hydrogens is 344 g/mol. The molecule has 1 rings (SSSR count). The molecule has 0 spiro atoms. The molecule has 0 saturated heterocycles. The van der Waals surface area contributed by atoms with Gasteiger partial charge in [-0.3, -0.25) is 0 Å². The van der Waals surface area contributed by atoms with Gasteiger partial charge in [0.25, 0.3) is 0 Å². The van der Waals surface area contributed by atoms with E-state index in [1.807, 2.05) is 18.4 Å². The number of carbonyl (C=O) groups excluding carboxylic acids is 1. The number of carbonyl (C=O) groups is 2. The largest absolute Gasteiger partial charge is 0.480 e. The van der Waals surface area contributed by atoms with Crippen LogP contribution in [-0.2, 0) is 11.3 Å². The first-order valence-electron chi connectivity index (χ1n) is 6.28. The maximum atomic E-state index is 12.1. The predicted molar refractivity (Wildman–Crippen MR) is 83.0 cm³/mol. The Morgan fingerprint density at radius 1 is 1.55 bits per heavy atom. The van der Waals surface area contributed by atoms with E-state index >= 15 is 0 Å². The lowest BCUT2D eigenvalue weighted by Gasteiger charge is -2.28. The monoisotopic (exact) mass is 362 g/mol. The molecule has 0 bridgehead atoms. The van der Waals surface area contributed by atoms with E-state index in [1.165, 1.54) is 11.8 Å². The van der Waals surface area contributed by atoms with Gasteiger partial charge in [-0.25, -0.2) is 9.59 Å². The van der Waals surface area contributed by atoms with Gasteiger partial charge in [0.15, 0.2) is 0 Å². The summed E-state index contributed by atoms with van der Waals surface area (Å²) in [5, 5.41) is 13.8. The van der Waals surface area contributed by atoms with E-state index < -0.39 is 11.5 Å². The number of urea groups is 1. The molecule has 0 radical (unpaired) electrons. The molecule has 0 aliphatic rings. The number of rotatable bonds is 6. The normalized spacial score (nSPS) is 13.6. The van der Waals surface area contributed by atoms with Crippen LogP contribution in [0.15, 0.2) is 15.9 Å². The first-order valence-corrected chi connectivity index (χ1v) is 7.95. The maximum Gasteiger partial charge on any atom is 0.329 e. The lowest BCUT2D eigenvalue weighted by molar-refractivity contribution is -0.144. The van der Waals surface area contributed by atoms with E-state index in [0.717, 1.165) is 9.35 Å². The van der Waals surface area contributed by atoms with E-state index in [0.29, 0.717) is 19.4 Å². The Labute approximate surface area is 131 Å². The van der Waals surface area contributed by atoms with Crippen LogP contribution in [0.2, 0.25) is 0 Å². The predicted octanol–water partition coefficient (Wildman–Crippen LogP) is 3.30. The fraction of sp³-hybridized carbons (Fsp3) is 0.538. The summed E-state index contributed by atoms with van der Waals surface area (Å²) in [6, 6.07) is 1.56. The average molecular weight is 363 g/mol. The molecule has 20 heavy (non-hydrogen) atoms. The van der Waals surface area contributed by atoms with Crippen molar-refractivity contribution in [1.82, 2.24) is 10.2 Å². The minimum absolute atomic E-state index is 0.382. The highest BCUT2D eigenvalue weighted by molar-refractivity contribution is 9.10. The minimum Gasteiger partial charge on any atom is -0.480 e. The Morgan fingerprint density at radius 3 is 2.65 bits per heavy atom. The molecule has 0 saturated carbocycles. The third-order valence-corrected chi connectivity index (χ3v) is 4.65. The minimum atomic E-state index is -1.23. The van der Waals surface area contributed by atoms with Gasteiger partial charge in [0.1, 0.15) is 5.54 Å². The van der Waals surface area contributed by atoms with Gasteiger partial charge in [-0.1, -0.05) is 13.3 Å². The van der Waals surface area contributed by atoms with Crippen LogP contribution in [0.3, 0.4) is 0 Å². The van der Waals surface area contributed by atoms with Gasteiger partial charge in [-0.05, 0) is 35.3 Å². The molecule has 0 fully saturated rings. The van der Waals surface area contributed by atoms with Crippen molar-refractivity contribution in [2.24, 2.45) is 0 Å². The molecule has 5 nitrogen and oxygen atoms in total. The number of carboxylic acid groups (broad SMARTS) is 1. The van der Waals surface area contributed by atoms with E-state index in [9.17, 15) is 14.7 Å². The summed E-state index contributed by atoms with van der Waals surface area (Å²) in [6.07, 6.45) is 1.08. The third-order valence-electron chi connectivity index (χ3n) is 2.97. The van der Waals surface area contributed by atoms with Gasteiger partial charge in [0, 0.05) is 21.8 Å². The lowest BCUT2D eigenvalue weighted by atomic mass is 9.96. The molecule has 0 aromatic carbocycles. The van der Waals surface area contributed by atoms with Crippen molar-refractivity contribution in [2.75, 3.05) is 7.05 Å². The molecule has 1 aromatic heterocycles. The highest BCUT2D eigenvalue weighted by Gasteiger charge is 2.34. The molecule has 1 aromatic rings. The highest BCUT2D eigenvalue weighted by Crippen LogP contribution is 2.21. The smallest absolute Gasteiger partial charge is 0.329 e. The van der Waals surface area contributed by atoms with Crippen molar-refractivity contribution in [3.63, 3.8) is 0 Å². The van der Waals surface area contributed by atoms with Crippen LogP contribution in [0, 0.1) is 0 Å². The second kappa shape index (κ2) is 7.08. The molecule has 2 N–H and O–H groups in total. The second-order valence-electron chi connectivity index (χ2n) is 4.90. The Hall–Kier alpha value is -1.08. The molecule has 1 atom stereocenters. The van der Waals surface area contributed by atoms with Gasteiger partial charge in [0.05, 0.1) is 6.54 Å². The molecule has 7 heteroatoms. The first kappa shape index (κ1) is 17.0. The highest BCUT2D eigenvalue weighted by atomic mass is 79.9. The molecule has 1 unspecified atom stereocenters. The third kappa shape index (κ3) is 4.49. The van der Waals surface area contributed by atoms with Crippen LogP contribution in [0.5, 0.6) is 0 Å². The fourth-order valence-corrected chi connectivity index (χ4v) is 3.30. The van der Waals surface area contributed by atoms with Crippen LogP contribution in [0.1, 0.15) is 31.6 Å². The van der Waals surface area contributed by atoms with Crippen molar-refractivity contribution in [1.29, 1.82) is 0 Å². The van der Waals surface area contributed by atoms with Crippen molar-refractivity contribution in [3.8, 4) is 0 Å². The Kier molecular flexibility index (Phi) is 6.01. The number of thiophene rings is 1. The number of hydrogen-bond donors (Lipinski definition) is 2. The van der Waals surface area contributed by atoms with Gasteiger partial charge < -0.3 is 15.3 Å². The number of nitrogens with one attached hydrogen (secondary N) is 1. The van der Waals surface area contributed by atoms with Gasteiger partial charge >= 0.3 is 12.0 Å². The topological polar surface area (TPSA) is 69.6 Å². The van der Waals surface area contributed by atoms with Crippen molar-refractivity contribution in [3.05, 3.63) is 20.8 Å². The number of nitrogens with zero attached hydrogens (tertiary/aromatic N) is 1.